The number of aryl methyl sites for hydroxylation is 1. The lowest BCUT2D eigenvalue weighted by molar-refractivity contribution is -0.256. The van der Waals surface area contributed by atoms with Crippen LogP contribution in [0.5, 0.6) is 5.75 Å². The fraction of sp³-hybridized carbons (Fsp3) is 0.324. The normalized spacial score (nSPS) is 16.2. The Morgan fingerprint density at radius 1 is 0.978 bits per heavy atom. The van der Waals surface area contributed by atoms with Crippen LogP contribution >= 0.6 is 0 Å². The first kappa shape index (κ1) is 34.1. The summed E-state index contributed by atoms with van der Waals surface area (Å²) in [5.74, 6) is 0.0392. The zero-order valence-electron chi connectivity index (χ0n) is 26.7. The quantitative estimate of drug-likeness (QED) is 0.191. The highest BCUT2D eigenvalue weighted by atomic mass is 16.7. The van der Waals surface area contributed by atoms with E-state index in [9.17, 15) is 14.4 Å². The molecule has 1 heterocycles. The lowest BCUT2D eigenvalue weighted by atomic mass is 10.1. The van der Waals surface area contributed by atoms with Crippen LogP contribution in [0.4, 0.5) is 4.79 Å². The number of aromatic hydroxyl groups is 1. The van der Waals surface area contributed by atoms with Crippen LogP contribution in [0.3, 0.4) is 0 Å². The van der Waals surface area contributed by atoms with Crippen molar-refractivity contribution in [1.82, 2.24) is 14.9 Å². The number of likely N-dealkylation sites (N-methyl/N-ethyl adjacent to an activating group) is 1. The number of carbonyl (C=O) groups is 3. The van der Waals surface area contributed by atoms with Gasteiger partial charge in [0, 0.05) is 13.1 Å². The van der Waals surface area contributed by atoms with Crippen molar-refractivity contribution < 1.29 is 29.1 Å². The summed E-state index contributed by atoms with van der Waals surface area (Å²) in [6.45, 7) is 4.79. The largest absolute Gasteiger partial charge is 0.508 e. The molecule has 0 saturated carbocycles. The highest BCUT2D eigenvalue weighted by molar-refractivity contribution is 5.86. The SMILES string of the molecule is CCCCC1ON(C(=O)OCc2cccc3ccccc23)C(CN(C)Cc2ccccc2)N(CC=O)C1=O.Cc1ccc(O)cc1. The summed E-state index contributed by atoms with van der Waals surface area (Å²) in [6.07, 6.45) is 0.392. The van der Waals surface area contributed by atoms with Crippen LogP contribution in [0.2, 0.25) is 0 Å². The second kappa shape index (κ2) is 17.1. The van der Waals surface area contributed by atoms with Crippen molar-refractivity contribution >= 4 is 29.1 Å². The fourth-order valence-corrected chi connectivity index (χ4v) is 5.31. The van der Waals surface area contributed by atoms with Crippen molar-refractivity contribution in [3.8, 4) is 5.75 Å². The van der Waals surface area contributed by atoms with Crippen LogP contribution < -0.4 is 0 Å². The van der Waals surface area contributed by atoms with E-state index in [1.807, 2.05) is 111 Å². The number of unbranched alkanes of at least 4 members (excludes halogenated alkanes) is 1. The number of hydrogen-bond donors (Lipinski definition) is 1. The second-order valence-corrected chi connectivity index (χ2v) is 11.4. The maximum absolute atomic E-state index is 13.5. The number of fused-ring (bicyclic) bond motifs is 1. The van der Waals surface area contributed by atoms with E-state index < -0.39 is 18.4 Å². The van der Waals surface area contributed by atoms with Gasteiger partial charge >= 0.3 is 6.09 Å². The summed E-state index contributed by atoms with van der Waals surface area (Å²) < 4.78 is 5.74. The summed E-state index contributed by atoms with van der Waals surface area (Å²) in [7, 11) is 1.90. The number of hydrogen-bond acceptors (Lipinski definition) is 7. The Morgan fingerprint density at radius 2 is 1.67 bits per heavy atom. The van der Waals surface area contributed by atoms with Crippen LogP contribution in [-0.4, -0.2) is 70.7 Å². The molecule has 2 amide bonds. The van der Waals surface area contributed by atoms with Crippen molar-refractivity contribution in [1.29, 1.82) is 0 Å². The summed E-state index contributed by atoms with van der Waals surface area (Å²) in [5.41, 5.74) is 3.13. The number of phenolic OH excluding ortho intramolecular Hbond substituents is 1. The van der Waals surface area contributed by atoms with Crippen LogP contribution in [0.1, 0.15) is 42.9 Å². The summed E-state index contributed by atoms with van der Waals surface area (Å²) in [4.78, 5) is 47.8. The molecule has 0 aliphatic carbocycles. The van der Waals surface area contributed by atoms with Gasteiger partial charge in [0.1, 0.15) is 24.8 Å². The monoisotopic (exact) mass is 625 g/mol. The van der Waals surface area contributed by atoms with Gasteiger partial charge in [0.05, 0.1) is 6.54 Å². The predicted molar refractivity (Wildman–Crippen MR) is 178 cm³/mol. The number of nitrogens with zero attached hydrogens (tertiary/aromatic N) is 3. The minimum atomic E-state index is -0.851. The Hall–Kier alpha value is -4.73. The van der Waals surface area contributed by atoms with Crippen LogP contribution in [0.25, 0.3) is 10.8 Å². The molecule has 4 aromatic rings. The molecule has 242 valence electrons. The summed E-state index contributed by atoms with van der Waals surface area (Å²) >= 11 is 0. The van der Waals surface area contributed by atoms with E-state index in [0.717, 1.165) is 39.8 Å². The van der Waals surface area contributed by atoms with Gasteiger partial charge in [-0.15, -0.1) is 0 Å². The number of rotatable bonds is 11. The van der Waals surface area contributed by atoms with E-state index in [4.69, 9.17) is 14.7 Å². The van der Waals surface area contributed by atoms with E-state index >= 15 is 0 Å². The van der Waals surface area contributed by atoms with Crippen molar-refractivity contribution in [2.45, 2.75) is 58.5 Å². The maximum Gasteiger partial charge on any atom is 0.436 e. The van der Waals surface area contributed by atoms with Gasteiger partial charge in [-0.2, -0.15) is 5.06 Å². The number of hydroxylamine groups is 2. The van der Waals surface area contributed by atoms with Crippen molar-refractivity contribution in [2.75, 3.05) is 20.1 Å². The minimum absolute atomic E-state index is 0.0495. The van der Waals surface area contributed by atoms with Crippen LogP contribution in [-0.2, 0) is 32.3 Å². The van der Waals surface area contributed by atoms with E-state index in [-0.39, 0.29) is 25.6 Å². The Labute approximate surface area is 270 Å². The Kier molecular flexibility index (Phi) is 12.7. The van der Waals surface area contributed by atoms with Crippen molar-refractivity contribution in [3.05, 3.63) is 114 Å². The molecule has 1 N–H and O–H groups in total. The molecule has 1 fully saturated rings. The van der Waals surface area contributed by atoms with Gasteiger partial charge < -0.3 is 19.5 Å². The number of ether oxygens (including phenoxy) is 1. The molecule has 2 atom stereocenters. The van der Waals surface area contributed by atoms with Crippen LogP contribution in [0, 0.1) is 6.92 Å². The molecule has 9 nitrogen and oxygen atoms in total. The van der Waals surface area contributed by atoms with Crippen LogP contribution in [0.15, 0.2) is 97.1 Å². The van der Waals surface area contributed by atoms with Crippen molar-refractivity contribution in [3.63, 3.8) is 0 Å². The molecule has 9 heteroatoms. The average molecular weight is 626 g/mol. The average Bonchev–Trinajstić information content (AvgIpc) is 3.07. The molecule has 4 aromatic carbocycles. The number of phenols is 1. The first-order valence-corrected chi connectivity index (χ1v) is 15.6. The van der Waals surface area contributed by atoms with E-state index in [2.05, 4.69) is 0 Å². The smallest absolute Gasteiger partial charge is 0.436 e. The number of aldehydes is 1. The van der Waals surface area contributed by atoms with Crippen molar-refractivity contribution in [2.24, 2.45) is 0 Å². The van der Waals surface area contributed by atoms with Gasteiger partial charge in [0.25, 0.3) is 5.91 Å². The third kappa shape index (κ3) is 9.39. The molecule has 0 bridgehead atoms. The lowest BCUT2D eigenvalue weighted by Crippen LogP contribution is -2.65. The molecule has 0 aromatic heterocycles. The Balaban J connectivity index is 0.000000523. The van der Waals surface area contributed by atoms with Gasteiger partial charge in [-0.1, -0.05) is 110 Å². The fourth-order valence-electron chi connectivity index (χ4n) is 5.31. The number of amides is 2. The number of carbonyl (C=O) groups excluding carboxylic acids is 3. The molecule has 2 unspecified atom stereocenters. The van der Waals surface area contributed by atoms with E-state index in [1.54, 1.807) is 12.1 Å². The predicted octanol–water partition coefficient (Wildman–Crippen LogP) is 6.47. The Morgan fingerprint density at radius 3 is 2.37 bits per heavy atom. The highest BCUT2D eigenvalue weighted by Gasteiger charge is 2.44. The van der Waals surface area contributed by atoms with Gasteiger partial charge in [-0.3, -0.25) is 14.5 Å². The molecule has 1 aliphatic rings. The van der Waals surface area contributed by atoms with E-state index in [1.165, 1.54) is 10.5 Å². The highest BCUT2D eigenvalue weighted by Crippen LogP contribution is 2.25. The zero-order valence-corrected chi connectivity index (χ0v) is 26.7. The summed E-state index contributed by atoms with van der Waals surface area (Å²) in [5, 5.41) is 12.0. The first-order chi connectivity index (χ1) is 22.3. The first-order valence-electron chi connectivity index (χ1n) is 15.6. The molecule has 46 heavy (non-hydrogen) atoms. The summed E-state index contributed by atoms with van der Waals surface area (Å²) in [6, 6.07) is 30.8. The lowest BCUT2D eigenvalue weighted by Gasteiger charge is -2.45. The molecule has 0 spiro atoms. The Bertz CT molecular complexity index is 1540. The molecule has 1 aliphatic heterocycles. The van der Waals surface area contributed by atoms with Gasteiger partial charge in [0.15, 0.2) is 6.10 Å². The number of benzene rings is 4. The standard InChI is InChI=1S/C30H35N3O5.C7H8O/c1-3-4-17-27-29(35)32(18-19-34)28(21-31(2)20-23-11-6-5-7-12-23)33(38-27)30(36)37-22-25-15-10-14-24-13-8-9-16-26(24)25;1-6-2-4-7(8)5-3-6/h5-16,19,27-28H,3-4,17-18,20-22H2,1-2H3;2-5,8H,1H3. The van der Waals surface area contributed by atoms with Gasteiger partial charge in [-0.25, -0.2) is 4.79 Å². The zero-order chi connectivity index (χ0) is 32.9. The maximum atomic E-state index is 13.5. The van der Waals surface area contributed by atoms with Gasteiger partial charge in [-0.05, 0) is 54.4 Å². The molecular formula is C37H43N3O6. The van der Waals surface area contributed by atoms with E-state index in [0.29, 0.717) is 25.0 Å². The third-order valence-corrected chi connectivity index (χ3v) is 7.74. The minimum Gasteiger partial charge on any atom is -0.508 e. The van der Waals surface area contributed by atoms with Gasteiger partial charge in [0.2, 0.25) is 0 Å². The second-order valence-electron chi connectivity index (χ2n) is 11.4. The topological polar surface area (TPSA) is 99.6 Å². The third-order valence-electron chi connectivity index (χ3n) is 7.74. The molecular weight excluding hydrogens is 582 g/mol. The molecule has 0 radical (unpaired) electrons. The molecule has 1 saturated heterocycles. The molecule has 5 rings (SSSR count).